The molecule has 0 radical (unpaired) electrons. The first-order valence-corrected chi connectivity index (χ1v) is 8.88. The number of nitrogens with zero attached hydrogens (tertiary/aromatic N) is 1. The van der Waals surface area contributed by atoms with Crippen molar-refractivity contribution in [3.63, 3.8) is 0 Å². The predicted molar refractivity (Wildman–Crippen MR) is 96.1 cm³/mol. The summed E-state index contributed by atoms with van der Waals surface area (Å²) >= 11 is 1.64. The summed E-state index contributed by atoms with van der Waals surface area (Å²) in [6.07, 6.45) is -0.722. The Bertz CT molecular complexity index is 959. The highest BCUT2D eigenvalue weighted by atomic mass is 32.1. The highest BCUT2D eigenvalue weighted by molar-refractivity contribution is 7.18. The van der Waals surface area contributed by atoms with Crippen molar-refractivity contribution in [3.8, 4) is 11.1 Å². The Morgan fingerprint density at radius 2 is 1.96 bits per heavy atom. The summed E-state index contributed by atoms with van der Waals surface area (Å²) < 4.78 is 26.9. The third-order valence-corrected chi connectivity index (χ3v) is 5.35. The van der Waals surface area contributed by atoms with E-state index in [1.165, 1.54) is 0 Å². The molecule has 4 rings (SSSR count). The number of hydrogen-bond acceptors (Lipinski definition) is 3. The maximum absolute atomic E-state index is 12.9. The van der Waals surface area contributed by atoms with Crippen molar-refractivity contribution >= 4 is 33.1 Å². The molecule has 0 spiro atoms. The lowest BCUT2D eigenvalue weighted by atomic mass is 9.81. The summed E-state index contributed by atoms with van der Waals surface area (Å²) in [4.78, 5) is 16.5. The molecule has 1 heterocycles. The number of anilines is 1. The van der Waals surface area contributed by atoms with Crippen LogP contribution in [-0.2, 0) is 4.79 Å². The molecule has 1 amide bonds. The molecular weight excluding hydrogens is 342 g/mol. The minimum absolute atomic E-state index is 0.336. The standard InChI is InChI=1S/C19H16F2N2OS/c1-11-22-16-6-5-13(8-17(16)25-11)12-3-2-4-15(7-12)23-18(24)14-9-19(20,21)10-14/h2-8,14H,9-10H2,1H3,(H,23,24). The summed E-state index contributed by atoms with van der Waals surface area (Å²) in [6.45, 7) is 1.98. The fourth-order valence-electron chi connectivity index (χ4n) is 3.09. The van der Waals surface area contributed by atoms with Crippen LogP contribution in [0.3, 0.4) is 0 Å². The van der Waals surface area contributed by atoms with Gasteiger partial charge in [0.05, 0.1) is 15.2 Å². The molecule has 25 heavy (non-hydrogen) atoms. The van der Waals surface area contributed by atoms with Gasteiger partial charge in [-0.05, 0) is 42.3 Å². The number of halogens is 2. The number of aryl methyl sites for hydroxylation is 1. The lowest BCUT2D eigenvalue weighted by Crippen LogP contribution is -2.42. The number of carbonyl (C=O) groups excluding carboxylic acids is 1. The molecule has 3 aromatic rings. The van der Waals surface area contributed by atoms with Gasteiger partial charge in [0, 0.05) is 24.4 Å². The molecule has 1 aliphatic carbocycles. The van der Waals surface area contributed by atoms with Gasteiger partial charge in [-0.3, -0.25) is 4.79 Å². The summed E-state index contributed by atoms with van der Waals surface area (Å²) in [5, 5.41) is 3.77. The molecule has 1 N–H and O–H groups in total. The lowest BCUT2D eigenvalue weighted by Gasteiger charge is -2.33. The van der Waals surface area contributed by atoms with Gasteiger partial charge in [0.25, 0.3) is 0 Å². The highest BCUT2D eigenvalue weighted by Crippen LogP contribution is 2.42. The van der Waals surface area contributed by atoms with E-state index in [1.807, 2.05) is 37.3 Å². The van der Waals surface area contributed by atoms with E-state index >= 15 is 0 Å². The van der Waals surface area contributed by atoms with Gasteiger partial charge in [0.2, 0.25) is 11.8 Å². The number of benzene rings is 2. The second-order valence-electron chi connectivity index (χ2n) is 6.45. The van der Waals surface area contributed by atoms with E-state index in [9.17, 15) is 13.6 Å². The van der Waals surface area contributed by atoms with Crippen molar-refractivity contribution in [1.82, 2.24) is 4.98 Å². The quantitative estimate of drug-likeness (QED) is 0.694. The van der Waals surface area contributed by atoms with Crippen LogP contribution in [0.4, 0.5) is 14.5 Å². The lowest BCUT2D eigenvalue weighted by molar-refractivity contribution is -0.145. The van der Waals surface area contributed by atoms with Crippen LogP contribution in [0.15, 0.2) is 42.5 Å². The molecule has 0 saturated heterocycles. The first-order chi connectivity index (χ1) is 11.9. The second-order valence-corrected chi connectivity index (χ2v) is 7.68. The Morgan fingerprint density at radius 1 is 1.20 bits per heavy atom. The number of aromatic nitrogens is 1. The van der Waals surface area contributed by atoms with E-state index in [2.05, 4.69) is 16.4 Å². The Kier molecular flexibility index (Phi) is 3.80. The molecule has 128 valence electrons. The maximum Gasteiger partial charge on any atom is 0.249 e. The van der Waals surface area contributed by atoms with Gasteiger partial charge in [-0.2, -0.15) is 0 Å². The number of nitrogens with one attached hydrogen (secondary N) is 1. The fourth-order valence-corrected chi connectivity index (χ4v) is 3.95. The first-order valence-electron chi connectivity index (χ1n) is 8.06. The van der Waals surface area contributed by atoms with Gasteiger partial charge >= 0.3 is 0 Å². The van der Waals surface area contributed by atoms with Gasteiger partial charge in [-0.25, -0.2) is 13.8 Å². The number of amides is 1. The molecule has 1 aromatic heterocycles. The van der Waals surface area contributed by atoms with E-state index < -0.39 is 11.8 Å². The van der Waals surface area contributed by atoms with Gasteiger partial charge in [-0.15, -0.1) is 11.3 Å². The molecule has 1 saturated carbocycles. The number of fused-ring (bicyclic) bond motifs is 1. The monoisotopic (exact) mass is 358 g/mol. The minimum atomic E-state index is -2.69. The summed E-state index contributed by atoms with van der Waals surface area (Å²) in [6, 6.07) is 13.5. The number of hydrogen-bond donors (Lipinski definition) is 1. The van der Waals surface area contributed by atoms with Crippen LogP contribution in [0.25, 0.3) is 21.3 Å². The number of thiazole rings is 1. The SMILES string of the molecule is Cc1nc2ccc(-c3cccc(NC(=O)C4CC(F)(F)C4)c3)cc2s1. The highest BCUT2D eigenvalue weighted by Gasteiger charge is 2.48. The zero-order valence-corrected chi connectivity index (χ0v) is 14.4. The zero-order chi connectivity index (χ0) is 17.6. The molecule has 3 nitrogen and oxygen atoms in total. The van der Waals surface area contributed by atoms with E-state index in [0.29, 0.717) is 5.69 Å². The Balaban J connectivity index is 1.55. The normalized spacial score (nSPS) is 16.6. The zero-order valence-electron chi connectivity index (χ0n) is 13.6. The third kappa shape index (κ3) is 3.26. The van der Waals surface area contributed by atoms with Crippen molar-refractivity contribution in [3.05, 3.63) is 47.5 Å². The fraction of sp³-hybridized carbons (Fsp3) is 0.263. The molecule has 1 aliphatic rings. The van der Waals surface area contributed by atoms with Crippen molar-refractivity contribution < 1.29 is 13.6 Å². The molecule has 0 bridgehead atoms. The van der Waals surface area contributed by atoms with Crippen molar-refractivity contribution in [1.29, 1.82) is 0 Å². The largest absolute Gasteiger partial charge is 0.326 e. The second kappa shape index (κ2) is 5.88. The van der Waals surface area contributed by atoms with Crippen LogP contribution in [-0.4, -0.2) is 16.8 Å². The Labute approximate surface area is 147 Å². The molecule has 1 fully saturated rings. The van der Waals surface area contributed by atoms with Crippen LogP contribution in [0.2, 0.25) is 0 Å². The van der Waals surface area contributed by atoms with Crippen molar-refractivity contribution in [2.45, 2.75) is 25.7 Å². The number of alkyl halides is 2. The van der Waals surface area contributed by atoms with Crippen LogP contribution in [0, 0.1) is 12.8 Å². The number of rotatable bonds is 3. The van der Waals surface area contributed by atoms with Gasteiger partial charge in [0.1, 0.15) is 0 Å². The van der Waals surface area contributed by atoms with Crippen molar-refractivity contribution in [2.75, 3.05) is 5.32 Å². The number of carbonyl (C=O) groups is 1. The summed E-state index contributed by atoms with van der Waals surface area (Å²) in [7, 11) is 0. The summed E-state index contributed by atoms with van der Waals surface area (Å²) in [5.41, 5.74) is 3.59. The molecule has 2 aromatic carbocycles. The first kappa shape index (κ1) is 16.1. The topological polar surface area (TPSA) is 42.0 Å². The van der Waals surface area contributed by atoms with Gasteiger partial charge in [-0.1, -0.05) is 18.2 Å². The molecule has 6 heteroatoms. The molecular formula is C19H16F2N2OS. The van der Waals surface area contributed by atoms with E-state index in [1.54, 1.807) is 17.4 Å². The van der Waals surface area contributed by atoms with Crippen LogP contribution >= 0.6 is 11.3 Å². The molecule has 0 unspecified atom stereocenters. The average molecular weight is 358 g/mol. The Morgan fingerprint density at radius 3 is 2.72 bits per heavy atom. The molecule has 0 aliphatic heterocycles. The van der Waals surface area contributed by atoms with E-state index in [0.717, 1.165) is 26.4 Å². The van der Waals surface area contributed by atoms with Crippen molar-refractivity contribution in [2.24, 2.45) is 5.92 Å². The molecule has 0 atom stereocenters. The van der Waals surface area contributed by atoms with Gasteiger partial charge < -0.3 is 5.32 Å². The average Bonchev–Trinajstić information content (AvgIpc) is 2.91. The van der Waals surface area contributed by atoms with Crippen LogP contribution < -0.4 is 5.32 Å². The third-order valence-electron chi connectivity index (χ3n) is 4.42. The van der Waals surface area contributed by atoms with Crippen LogP contribution in [0.5, 0.6) is 0 Å². The minimum Gasteiger partial charge on any atom is -0.326 e. The van der Waals surface area contributed by atoms with E-state index in [4.69, 9.17) is 0 Å². The smallest absolute Gasteiger partial charge is 0.249 e. The van der Waals surface area contributed by atoms with Crippen LogP contribution in [0.1, 0.15) is 17.8 Å². The van der Waals surface area contributed by atoms with E-state index in [-0.39, 0.29) is 18.7 Å². The van der Waals surface area contributed by atoms with Gasteiger partial charge in [0.15, 0.2) is 0 Å². The summed E-state index contributed by atoms with van der Waals surface area (Å²) in [5.74, 6) is -3.63. The Hall–Kier alpha value is -2.34. The maximum atomic E-state index is 12.9. The predicted octanol–water partition coefficient (Wildman–Crippen LogP) is 5.26.